The van der Waals surface area contributed by atoms with E-state index < -0.39 is 8.07 Å². The van der Waals surface area contributed by atoms with E-state index in [9.17, 15) is 4.79 Å². The molecule has 2 rings (SSSR count). The number of amides is 1. The fourth-order valence-electron chi connectivity index (χ4n) is 2.57. The zero-order valence-electron chi connectivity index (χ0n) is 14.4. The van der Waals surface area contributed by atoms with E-state index in [0.717, 1.165) is 16.0 Å². The van der Waals surface area contributed by atoms with Gasteiger partial charge in [0, 0.05) is 18.5 Å². The highest BCUT2D eigenvalue weighted by Gasteiger charge is 2.27. The summed E-state index contributed by atoms with van der Waals surface area (Å²) in [6.07, 6.45) is -0.341. The Balaban J connectivity index is 2.60. The van der Waals surface area contributed by atoms with Gasteiger partial charge in [-0.1, -0.05) is 61.6 Å². The van der Waals surface area contributed by atoms with Crippen molar-refractivity contribution in [2.45, 2.75) is 33.5 Å². The summed E-state index contributed by atoms with van der Waals surface area (Å²) in [5.74, 6) is 0.529. The van der Waals surface area contributed by atoms with E-state index in [4.69, 9.17) is 16.3 Å². The molecule has 3 nitrogen and oxygen atoms in total. The number of carbonyl (C=O) groups is 1. The van der Waals surface area contributed by atoms with Crippen LogP contribution in [0.4, 0.5) is 4.79 Å². The Morgan fingerprint density at radius 1 is 1.17 bits per heavy atom. The van der Waals surface area contributed by atoms with Gasteiger partial charge in [0.05, 0.1) is 13.1 Å². The van der Waals surface area contributed by atoms with Gasteiger partial charge in [0.15, 0.2) is 5.75 Å². The molecule has 0 saturated carbocycles. The number of fused-ring (bicyclic) bond motifs is 1. The molecule has 0 radical (unpaired) electrons. The third-order valence-corrected chi connectivity index (χ3v) is 6.32. The predicted octanol–water partition coefficient (Wildman–Crippen LogP) is 4.88. The van der Waals surface area contributed by atoms with E-state index in [-0.39, 0.29) is 6.09 Å². The van der Waals surface area contributed by atoms with Crippen molar-refractivity contribution in [1.29, 1.82) is 0 Å². The van der Waals surface area contributed by atoms with Gasteiger partial charge in [-0.15, -0.1) is 0 Å². The van der Waals surface area contributed by atoms with Crippen LogP contribution in [0.5, 0.6) is 5.75 Å². The second kappa shape index (κ2) is 6.93. The van der Waals surface area contributed by atoms with Crippen LogP contribution < -0.4 is 9.92 Å². The number of hydrogen-bond acceptors (Lipinski definition) is 2. The number of benzene rings is 2. The standard InChI is InChI=1S/C18H24ClNO2Si/c1-6-20(7-2)18(21)22-17-15(23(3,4)5)12-13-10-8-9-11-14(13)16(17)19/h8-12H,6-7H2,1-5H3. The van der Waals surface area contributed by atoms with Crippen molar-refractivity contribution in [2.75, 3.05) is 13.1 Å². The highest BCUT2D eigenvalue weighted by molar-refractivity contribution is 6.89. The number of halogens is 1. The van der Waals surface area contributed by atoms with Gasteiger partial charge in [0.2, 0.25) is 0 Å². The van der Waals surface area contributed by atoms with Gasteiger partial charge in [0.1, 0.15) is 0 Å². The summed E-state index contributed by atoms with van der Waals surface area (Å²) in [5.41, 5.74) is 0. The molecule has 0 saturated heterocycles. The molecule has 0 heterocycles. The van der Waals surface area contributed by atoms with Crippen molar-refractivity contribution < 1.29 is 9.53 Å². The molecule has 0 aliphatic carbocycles. The van der Waals surface area contributed by atoms with Crippen LogP contribution in [0.15, 0.2) is 30.3 Å². The molecule has 124 valence electrons. The Morgan fingerprint density at radius 3 is 2.35 bits per heavy atom. The largest absolute Gasteiger partial charge is 0.415 e. The second-order valence-electron chi connectivity index (χ2n) is 6.58. The number of ether oxygens (including phenoxy) is 1. The van der Waals surface area contributed by atoms with Crippen LogP contribution in [0.1, 0.15) is 13.8 Å². The molecule has 2 aromatic rings. The number of carbonyl (C=O) groups excluding carboxylic acids is 1. The third-order valence-electron chi connectivity index (χ3n) is 3.96. The first kappa shape index (κ1) is 17.8. The van der Waals surface area contributed by atoms with E-state index in [1.807, 2.05) is 38.1 Å². The van der Waals surface area contributed by atoms with Crippen LogP contribution in [0.2, 0.25) is 24.7 Å². The molecule has 0 N–H and O–H groups in total. The molecule has 0 aromatic heterocycles. The van der Waals surface area contributed by atoms with Crippen molar-refractivity contribution in [2.24, 2.45) is 0 Å². The van der Waals surface area contributed by atoms with Crippen molar-refractivity contribution >= 4 is 41.7 Å². The van der Waals surface area contributed by atoms with Crippen LogP contribution in [0, 0.1) is 0 Å². The molecule has 0 fully saturated rings. The average Bonchev–Trinajstić information content (AvgIpc) is 2.50. The van der Waals surface area contributed by atoms with Crippen molar-refractivity contribution in [3.05, 3.63) is 35.4 Å². The number of hydrogen-bond donors (Lipinski definition) is 0. The van der Waals surface area contributed by atoms with Crippen molar-refractivity contribution in [3.63, 3.8) is 0 Å². The maximum atomic E-state index is 12.4. The summed E-state index contributed by atoms with van der Waals surface area (Å²) < 4.78 is 5.74. The van der Waals surface area contributed by atoms with Gasteiger partial charge in [-0.25, -0.2) is 4.79 Å². The Bertz CT molecular complexity index is 721. The van der Waals surface area contributed by atoms with E-state index in [1.54, 1.807) is 4.90 Å². The highest BCUT2D eigenvalue weighted by Crippen LogP contribution is 2.33. The normalized spacial score (nSPS) is 11.6. The molecular weight excluding hydrogens is 326 g/mol. The molecule has 0 atom stereocenters. The molecule has 0 aliphatic heterocycles. The Labute approximate surface area is 144 Å². The molecule has 5 heteroatoms. The summed E-state index contributed by atoms with van der Waals surface area (Å²) in [6, 6.07) is 10.1. The number of nitrogens with zero attached hydrogens (tertiary/aromatic N) is 1. The molecule has 23 heavy (non-hydrogen) atoms. The van der Waals surface area contributed by atoms with Crippen molar-refractivity contribution in [1.82, 2.24) is 4.90 Å². The Morgan fingerprint density at radius 2 is 1.78 bits per heavy atom. The van der Waals surface area contributed by atoms with Crippen LogP contribution >= 0.6 is 11.6 Å². The first-order valence-electron chi connectivity index (χ1n) is 7.98. The lowest BCUT2D eigenvalue weighted by atomic mass is 10.1. The minimum absolute atomic E-state index is 0.341. The lowest BCUT2D eigenvalue weighted by Crippen LogP contribution is -2.41. The van der Waals surface area contributed by atoms with Crippen LogP contribution in [0.3, 0.4) is 0 Å². The maximum Gasteiger partial charge on any atom is 0.415 e. The highest BCUT2D eigenvalue weighted by atomic mass is 35.5. The third kappa shape index (κ3) is 3.70. The fraction of sp³-hybridized carbons (Fsp3) is 0.389. The zero-order chi connectivity index (χ0) is 17.2. The minimum Gasteiger partial charge on any atom is -0.409 e. The summed E-state index contributed by atoms with van der Waals surface area (Å²) in [5, 5.41) is 3.60. The lowest BCUT2D eigenvalue weighted by Gasteiger charge is -2.25. The van der Waals surface area contributed by atoms with Crippen LogP contribution in [-0.4, -0.2) is 32.2 Å². The van der Waals surface area contributed by atoms with Crippen LogP contribution in [0.25, 0.3) is 10.8 Å². The SMILES string of the molecule is CCN(CC)C(=O)Oc1c([Si](C)(C)C)cc2ccccc2c1Cl. The van der Waals surface area contributed by atoms with Crippen LogP contribution in [-0.2, 0) is 0 Å². The molecule has 1 amide bonds. The quantitative estimate of drug-likeness (QED) is 0.736. The van der Waals surface area contributed by atoms with Gasteiger partial charge in [-0.05, 0) is 24.4 Å². The molecule has 0 aliphatic rings. The first-order chi connectivity index (χ1) is 10.8. The van der Waals surface area contributed by atoms with E-state index >= 15 is 0 Å². The number of rotatable bonds is 4. The van der Waals surface area contributed by atoms with Gasteiger partial charge < -0.3 is 9.64 Å². The van der Waals surface area contributed by atoms with Gasteiger partial charge in [-0.2, -0.15) is 0 Å². The summed E-state index contributed by atoms with van der Waals surface area (Å²) in [6.45, 7) is 11.8. The van der Waals surface area contributed by atoms with E-state index in [1.165, 1.54) is 0 Å². The van der Waals surface area contributed by atoms with E-state index in [2.05, 4.69) is 25.7 Å². The summed E-state index contributed by atoms with van der Waals surface area (Å²) in [7, 11) is -1.73. The first-order valence-corrected chi connectivity index (χ1v) is 11.9. The molecule has 2 aromatic carbocycles. The maximum absolute atomic E-state index is 12.4. The average molecular weight is 350 g/mol. The summed E-state index contributed by atoms with van der Waals surface area (Å²) >= 11 is 6.61. The lowest BCUT2D eigenvalue weighted by molar-refractivity contribution is 0.157. The Hall–Kier alpha value is -1.52. The minimum atomic E-state index is -1.73. The van der Waals surface area contributed by atoms with Gasteiger partial charge >= 0.3 is 6.09 Å². The molecule has 0 spiro atoms. The molecular formula is C18H24ClNO2Si. The molecule has 0 unspecified atom stereocenters. The van der Waals surface area contributed by atoms with Gasteiger partial charge in [-0.3, -0.25) is 0 Å². The molecule has 0 bridgehead atoms. The second-order valence-corrected chi connectivity index (χ2v) is 12.0. The summed E-state index contributed by atoms with van der Waals surface area (Å²) in [4.78, 5) is 14.1. The zero-order valence-corrected chi connectivity index (χ0v) is 16.2. The monoisotopic (exact) mass is 349 g/mol. The smallest absolute Gasteiger partial charge is 0.409 e. The predicted molar refractivity (Wildman–Crippen MR) is 101 cm³/mol. The van der Waals surface area contributed by atoms with Crippen molar-refractivity contribution in [3.8, 4) is 5.75 Å². The van der Waals surface area contributed by atoms with E-state index in [0.29, 0.717) is 23.9 Å². The van der Waals surface area contributed by atoms with Gasteiger partial charge in [0.25, 0.3) is 0 Å². The Kier molecular flexibility index (Phi) is 5.37. The fourth-order valence-corrected chi connectivity index (χ4v) is 4.41. The topological polar surface area (TPSA) is 29.5 Å².